The van der Waals surface area contributed by atoms with E-state index in [-0.39, 0.29) is 28.2 Å². The van der Waals surface area contributed by atoms with Crippen molar-refractivity contribution in [3.63, 3.8) is 0 Å². The molecule has 1 saturated carbocycles. The fourth-order valence-corrected chi connectivity index (χ4v) is 4.79. The molecule has 0 spiro atoms. The number of hydrogen-bond acceptors (Lipinski definition) is 3. The van der Waals surface area contributed by atoms with Gasteiger partial charge >= 0.3 is 0 Å². The molecule has 6 heteroatoms. The predicted octanol–water partition coefficient (Wildman–Crippen LogP) is 5.24. The van der Waals surface area contributed by atoms with Gasteiger partial charge in [0.15, 0.2) is 0 Å². The highest BCUT2D eigenvalue weighted by atomic mass is 35.5. The summed E-state index contributed by atoms with van der Waals surface area (Å²) >= 11 is 6.20. The molecule has 1 amide bonds. The Kier molecular flexibility index (Phi) is 4.74. The van der Waals surface area contributed by atoms with Gasteiger partial charge in [-0.05, 0) is 50.7 Å². The first-order chi connectivity index (χ1) is 12.6. The molecule has 2 aliphatic rings. The van der Waals surface area contributed by atoms with Crippen molar-refractivity contribution >= 4 is 17.5 Å². The molecule has 2 atom stereocenters. The highest BCUT2D eigenvalue weighted by Crippen LogP contribution is 2.38. The minimum atomic E-state index is -0.506. The van der Waals surface area contributed by atoms with Crippen LogP contribution in [0.15, 0.2) is 22.7 Å². The van der Waals surface area contributed by atoms with E-state index in [0.29, 0.717) is 17.2 Å². The Morgan fingerprint density at radius 1 is 1.27 bits per heavy atom. The van der Waals surface area contributed by atoms with Gasteiger partial charge < -0.3 is 9.42 Å². The molecule has 0 radical (unpaired) electrons. The number of amides is 1. The number of rotatable bonds is 2. The van der Waals surface area contributed by atoms with Crippen molar-refractivity contribution in [3.05, 3.63) is 40.4 Å². The number of halogens is 2. The second kappa shape index (κ2) is 7.03. The van der Waals surface area contributed by atoms with Gasteiger partial charge in [-0.1, -0.05) is 35.7 Å². The summed E-state index contributed by atoms with van der Waals surface area (Å²) in [4.78, 5) is 15.4. The molecule has 138 valence electrons. The van der Waals surface area contributed by atoms with Crippen LogP contribution in [0.5, 0.6) is 0 Å². The Hall–Kier alpha value is -1.88. The van der Waals surface area contributed by atoms with E-state index in [2.05, 4.69) is 5.16 Å². The molecule has 1 aliphatic heterocycles. The third-order valence-corrected chi connectivity index (χ3v) is 6.10. The highest BCUT2D eigenvalue weighted by molar-refractivity contribution is 6.33. The highest BCUT2D eigenvalue weighted by Gasteiger charge is 2.38. The average molecular weight is 377 g/mol. The maximum atomic E-state index is 14.4. The van der Waals surface area contributed by atoms with Crippen molar-refractivity contribution < 1.29 is 13.7 Å². The molecule has 4 nitrogen and oxygen atoms in total. The average Bonchev–Trinajstić information content (AvgIpc) is 3.02. The van der Waals surface area contributed by atoms with Crippen LogP contribution in [0.3, 0.4) is 0 Å². The van der Waals surface area contributed by atoms with Crippen molar-refractivity contribution in [2.24, 2.45) is 5.92 Å². The second-order valence-electron chi connectivity index (χ2n) is 7.31. The molecule has 2 heterocycles. The van der Waals surface area contributed by atoms with Gasteiger partial charge in [-0.25, -0.2) is 4.39 Å². The van der Waals surface area contributed by atoms with E-state index in [1.165, 1.54) is 31.4 Å². The molecule has 26 heavy (non-hydrogen) atoms. The van der Waals surface area contributed by atoms with E-state index in [1.54, 1.807) is 13.0 Å². The maximum Gasteiger partial charge on any atom is 0.260 e. The summed E-state index contributed by atoms with van der Waals surface area (Å²) in [7, 11) is 0. The lowest BCUT2D eigenvalue weighted by Crippen LogP contribution is -2.49. The lowest BCUT2D eigenvalue weighted by Gasteiger charge is -2.44. The van der Waals surface area contributed by atoms with Crippen LogP contribution in [0.4, 0.5) is 4.39 Å². The molecule has 1 aromatic carbocycles. The fourth-order valence-electron chi connectivity index (χ4n) is 4.54. The molecule has 2 aromatic rings. The number of benzene rings is 1. The number of likely N-dealkylation sites (tertiary alicyclic amines) is 1. The van der Waals surface area contributed by atoms with Crippen LogP contribution in [0.1, 0.15) is 54.6 Å². The molecule has 0 bridgehead atoms. The lowest BCUT2D eigenvalue weighted by atomic mass is 9.78. The summed E-state index contributed by atoms with van der Waals surface area (Å²) in [6.07, 6.45) is 6.81. The summed E-state index contributed by atoms with van der Waals surface area (Å²) in [6, 6.07) is 4.71. The van der Waals surface area contributed by atoms with E-state index in [9.17, 15) is 9.18 Å². The maximum absolute atomic E-state index is 14.4. The first-order valence-corrected chi connectivity index (χ1v) is 9.67. The first-order valence-electron chi connectivity index (χ1n) is 9.29. The summed E-state index contributed by atoms with van der Waals surface area (Å²) in [5, 5.41) is 4.20. The summed E-state index contributed by atoms with van der Waals surface area (Å²) in [5.74, 6) is 0.355. The summed E-state index contributed by atoms with van der Waals surface area (Å²) in [6.45, 7) is 2.43. The van der Waals surface area contributed by atoms with Crippen LogP contribution >= 0.6 is 11.6 Å². The Balaban J connectivity index is 1.74. The smallest absolute Gasteiger partial charge is 0.260 e. The zero-order valence-corrected chi connectivity index (χ0v) is 15.6. The van der Waals surface area contributed by atoms with Crippen molar-refractivity contribution in [1.82, 2.24) is 10.1 Å². The number of carbonyl (C=O) groups is 1. The van der Waals surface area contributed by atoms with E-state index >= 15 is 0 Å². The Bertz CT molecular complexity index is 813. The van der Waals surface area contributed by atoms with E-state index in [4.69, 9.17) is 16.1 Å². The van der Waals surface area contributed by atoms with Gasteiger partial charge in [0.1, 0.15) is 22.8 Å². The Morgan fingerprint density at radius 2 is 2.04 bits per heavy atom. The topological polar surface area (TPSA) is 46.3 Å². The van der Waals surface area contributed by atoms with Crippen LogP contribution in [-0.4, -0.2) is 28.6 Å². The lowest BCUT2D eigenvalue weighted by molar-refractivity contribution is 0.0390. The third kappa shape index (κ3) is 2.92. The molecule has 1 aromatic heterocycles. The van der Waals surface area contributed by atoms with Gasteiger partial charge in [0.05, 0.1) is 10.6 Å². The number of carbonyl (C=O) groups excluding carboxylic acids is 1. The van der Waals surface area contributed by atoms with Crippen LogP contribution in [0.25, 0.3) is 11.3 Å². The summed E-state index contributed by atoms with van der Waals surface area (Å²) < 4.78 is 19.7. The van der Waals surface area contributed by atoms with Gasteiger partial charge in [0.2, 0.25) is 0 Å². The Labute approximate surface area is 157 Å². The number of hydrogen-bond donors (Lipinski definition) is 0. The zero-order chi connectivity index (χ0) is 18.3. The van der Waals surface area contributed by atoms with Crippen molar-refractivity contribution in [2.45, 2.75) is 51.5 Å². The molecular weight excluding hydrogens is 355 g/mol. The van der Waals surface area contributed by atoms with E-state index in [1.807, 2.05) is 4.90 Å². The molecule has 1 aliphatic carbocycles. The van der Waals surface area contributed by atoms with E-state index in [0.717, 1.165) is 25.8 Å². The number of fused-ring (bicyclic) bond motifs is 1. The van der Waals surface area contributed by atoms with Gasteiger partial charge in [0.25, 0.3) is 5.91 Å². The number of nitrogens with zero attached hydrogens (tertiary/aromatic N) is 2. The first kappa shape index (κ1) is 17.5. The van der Waals surface area contributed by atoms with Crippen LogP contribution in [0, 0.1) is 18.7 Å². The second-order valence-corrected chi connectivity index (χ2v) is 7.72. The van der Waals surface area contributed by atoms with Crippen molar-refractivity contribution in [1.29, 1.82) is 0 Å². The minimum Gasteiger partial charge on any atom is -0.360 e. The molecule has 0 N–H and O–H groups in total. The fraction of sp³-hybridized carbons (Fsp3) is 0.500. The van der Waals surface area contributed by atoms with Gasteiger partial charge in [-0.15, -0.1) is 0 Å². The molecule has 2 fully saturated rings. The molecule has 0 unspecified atom stereocenters. The minimum absolute atomic E-state index is 0.116. The van der Waals surface area contributed by atoms with Crippen LogP contribution in [-0.2, 0) is 0 Å². The van der Waals surface area contributed by atoms with E-state index < -0.39 is 5.82 Å². The zero-order valence-electron chi connectivity index (χ0n) is 14.8. The third-order valence-electron chi connectivity index (χ3n) is 5.78. The monoisotopic (exact) mass is 376 g/mol. The largest absolute Gasteiger partial charge is 0.360 e. The standard InChI is InChI=1S/C20H22ClFN2O2/c1-12-17(19(23-26-12)18-14(21)8-4-9-15(18)22)20(25)24-11-5-7-13-6-2-3-10-16(13)24/h4,8-9,13,16H,2-3,5-7,10-11H2,1H3/t13-,16+/m1/s1. The SMILES string of the molecule is Cc1onc(-c2c(F)cccc2Cl)c1C(=O)N1CCC[C@H]2CCCC[C@@H]21. The number of aromatic nitrogens is 1. The number of piperidine rings is 1. The summed E-state index contributed by atoms with van der Waals surface area (Å²) in [5.41, 5.74) is 0.670. The van der Waals surface area contributed by atoms with Crippen molar-refractivity contribution in [2.75, 3.05) is 6.54 Å². The van der Waals surface area contributed by atoms with Crippen LogP contribution < -0.4 is 0 Å². The van der Waals surface area contributed by atoms with Gasteiger partial charge in [-0.3, -0.25) is 4.79 Å². The normalized spacial score (nSPS) is 23.0. The molecular formula is C20H22ClFN2O2. The van der Waals surface area contributed by atoms with Crippen LogP contribution in [0.2, 0.25) is 5.02 Å². The molecule has 1 saturated heterocycles. The quantitative estimate of drug-likeness (QED) is 0.720. The Morgan fingerprint density at radius 3 is 2.85 bits per heavy atom. The predicted molar refractivity (Wildman–Crippen MR) is 97.7 cm³/mol. The molecule has 4 rings (SSSR count). The number of aryl methyl sites for hydroxylation is 1. The van der Waals surface area contributed by atoms with Gasteiger partial charge in [-0.2, -0.15) is 0 Å². The van der Waals surface area contributed by atoms with Crippen molar-refractivity contribution in [3.8, 4) is 11.3 Å². The van der Waals surface area contributed by atoms with Gasteiger partial charge in [0, 0.05) is 12.6 Å².